The second-order valence-electron chi connectivity index (χ2n) is 8.02. The monoisotopic (exact) mass is 456 g/mol. The van der Waals surface area contributed by atoms with Crippen molar-refractivity contribution in [3.05, 3.63) is 32.9 Å². The molecule has 0 unspecified atom stereocenters. The molecule has 2 aliphatic rings. The van der Waals surface area contributed by atoms with Crippen LogP contribution in [0, 0.1) is 10.5 Å². The number of nitrogens with zero attached hydrogens (tertiary/aromatic N) is 2. The standard InChI is InChI=1S/C19H25IN2O3/c1-13-6-5-7-14(15(13)20)16(23)22-11-10-21(12-19(22)8-9-19)17(24)25-18(2,3)4/h5-7H,8-12H2,1-4H3. The maximum atomic E-state index is 13.1. The van der Waals surface area contributed by atoms with E-state index >= 15 is 0 Å². The van der Waals surface area contributed by atoms with Gasteiger partial charge in [-0.15, -0.1) is 0 Å². The van der Waals surface area contributed by atoms with Gasteiger partial charge in [-0.25, -0.2) is 4.79 Å². The van der Waals surface area contributed by atoms with Crippen LogP contribution < -0.4 is 0 Å². The number of amides is 2. The number of benzene rings is 1. The smallest absolute Gasteiger partial charge is 0.410 e. The predicted molar refractivity (Wildman–Crippen MR) is 105 cm³/mol. The molecule has 5 nitrogen and oxygen atoms in total. The van der Waals surface area contributed by atoms with E-state index in [1.807, 2.05) is 50.8 Å². The summed E-state index contributed by atoms with van der Waals surface area (Å²) in [6, 6.07) is 5.85. The van der Waals surface area contributed by atoms with Crippen LogP contribution in [0.4, 0.5) is 4.79 Å². The number of carbonyl (C=O) groups excluding carboxylic acids is 2. The topological polar surface area (TPSA) is 49.9 Å². The number of hydrogen-bond acceptors (Lipinski definition) is 3. The number of aryl methyl sites for hydroxylation is 1. The van der Waals surface area contributed by atoms with Gasteiger partial charge in [0.1, 0.15) is 5.60 Å². The number of piperazine rings is 1. The van der Waals surface area contributed by atoms with Crippen molar-refractivity contribution in [2.75, 3.05) is 19.6 Å². The van der Waals surface area contributed by atoms with Crippen molar-refractivity contribution in [2.45, 2.75) is 51.7 Å². The Bertz CT molecular complexity index is 707. The van der Waals surface area contributed by atoms with E-state index in [0.717, 1.165) is 27.5 Å². The van der Waals surface area contributed by atoms with Gasteiger partial charge in [0, 0.05) is 23.2 Å². The molecule has 1 aromatic carbocycles. The molecule has 0 atom stereocenters. The maximum Gasteiger partial charge on any atom is 0.410 e. The van der Waals surface area contributed by atoms with Gasteiger partial charge in [-0.1, -0.05) is 12.1 Å². The molecule has 1 aromatic rings. The van der Waals surface area contributed by atoms with E-state index in [4.69, 9.17) is 4.74 Å². The zero-order chi connectivity index (χ0) is 18.4. The van der Waals surface area contributed by atoms with Crippen molar-refractivity contribution in [3.63, 3.8) is 0 Å². The third-order valence-corrected chi connectivity index (χ3v) is 6.23. The van der Waals surface area contributed by atoms with Crippen LogP contribution in [0.3, 0.4) is 0 Å². The molecule has 1 heterocycles. The zero-order valence-electron chi connectivity index (χ0n) is 15.3. The van der Waals surface area contributed by atoms with E-state index in [0.29, 0.717) is 19.6 Å². The lowest BCUT2D eigenvalue weighted by molar-refractivity contribution is 0.000609. The fourth-order valence-electron chi connectivity index (χ4n) is 3.31. The fraction of sp³-hybridized carbons (Fsp3) is 0.579. The molecular weight excluding hydrogens is 431 g/mol. The second-order valence-corrected chi connectivity index (χ2v) is 9.10. The predicted octanol–water partition coefficient (Wildman–Crippen LogP) is 3.83. The van der Waals surface area contributed by atoms with Crippen LogP contribution in [0.2, 0.25) is 0 Å². The Balaban J connectivity index is 1.75. The quantitative estimate of drug-likeness (QED) is 0.604. The Labute approximate surface area is 162 Å². The molecule has 136 valence electrons. The summed E-state index contributed by atoms with van der Waals surface area (Å²) in [6.07, 6.45) is 1.61. The van der Waals surface area contributed by atoms with Gasteiger partial charge in [0.15, 0.2) is 0 Å². The van der Waals surface area contributed by atoms with Crippen LogP contribution in [0.15, 0.2) is 18.2 Å². The summed E-state index contributed by atoms with van der Waals surface area (Å²) in [6.45, 7) is 9.28. The van der Waals surface area contributed by atoms with Gasteiger partial charge in [0.25, 0.3) is 5.91 Å². The Morgan fingerprint density at radius 2 is 1.88 bits per heavy atom. The molecule has 0 N–H and O–H groups in total. The van der Waals surface area contributed by atoms with E-state index < -0.39 is 5.60 Å². The van der Waals surface area contributed by atoms with E-state index in [-0.39, 0.29) is 17.5 Å². The Kier molecular flexibility index (Phi) is 4.77. The summed E-state index contributed by atoms with van der Waals surface area (Å²) in [5.41, 5.74) is 1.17. The van der Waals surface area contributed by atoms with E-state index in [9.17, 15) is 9.59 Å². The van der Waals surface area contributed by atoms with Gasteiger partial charge in [-0.05, 0) is 74.8 Å². The summed E-state index contributed by atoms with van der Waals surface area (Å²) in [5, 5.41) is 0. The Morgan fingerprint density at radius 3 is 2.48 bits per heavy atom. The number of hydrogen-bond donors (Lipinski definition) is 0. The van der Waals surface area contributed by atoms with E-state index in [1.54, 1.807) is 4.90 Å². The molecule has 6 heteroatoms. The minimum absolute atomic E-state index is 0.0782. The SMILES string of the molecule is Cc1cccc(C(=O)N2CCN(C(=O)OC(C)(C)C)CC23CC3)c1I. The van der Waals surface area contributed by atoms with Crippen molar-refractivity contribution in [3.8, 4) is 0 Å². The highest BCUT2D eigenvalue weighted by Crippen LogP contribution is 2.45. The van der Waals surface area contributed by atoms with Gasteiger partial charge in [0.2, 0.25) is 0 Å². The lowest BCUT2D eigenvalue weighted by atomic mass is 10.1. The van der Waals surface area contributed by atoms with Crippen molar-refractivity contribution in [1.29, 1.82) is 0 Å². The maximum absolute atomic E-state index is 13.1. The molecule has 1 aliphatic heterocycles. The average Bonchev–Trinajstić information content (AvgIpc) is 3.27. The number of ether oxygens (including phenoxy) is 1. The Morgan fingerprint density at radius 1 is 1.20 bits per heavy atom. The molecule has 1 saturated carbocycles. The number of rotatable bonds is 1. The number of halogens is 1. The molecule has 1 spiro atoms. The van der Waals surface area contributed by atoms with Crippen LogP contribution in [-0.2, 0) is 4.74 Å². The highest BCUT2D eigenvalue weighted by Gasteiger charge is 2.54. The molecule has 25 heavy (non-hydrogen) atoms. The van der Waals surface area contributed by atoms with Gasteiger partial charge >= 0.3 is 6.09 Å². The minimum Gasteiger partial charge on any atom is -0.444 e. The van der Waals surface area contributed by atoms with Gasteiger partial charge < -0.3 is 14.5 Å². The molecule has 1 saturated heterocycles. The van der Waals surface area contributed by atoms with Gasteiger partial charge in [0.05, 0.1) is 11.1 Å². The first kappa shape index (κ1) is 18.5. The Hall–Kier alpha value is -1.31. The third-order valence-electron chi connectivity index (χ3n) is 4.80. The average molecular weight is 456 g/mol. The van der Waals surface area contributed by atoms with Crippen LogP contribution in [0.25, 0.3) is 0 Å². The summed E-state index contributed by atoms with van der Waals surface area (Å²) in [4.78, 5) is 29.2. The minimum atomic E-state index is -0.502. The lowest BCUT2D eigenvalue weighted by Gasteiger charge is -2.42. The largest absolute Gasteiger partial charge is 0.444 e. The van der Waals surface area contributed by atoms with Crippen LogP contribution >= 0.6 is 22.6 Å². The number of carbonyl (C=O) groups is 2. The second kappa shape index (κ2) is 6.45. The highest BCUT2D eigenvalue weighted by atomic mass is 127. The lowest BCUT2D eigenvalue weighted by Crippen LogP contribution is -2.58. The molecular formula is C19H25IN2O3. The summed E-state index contributed by atoms with van der Waals surface area (Å²) >= 11 is 2.25. The zero-order valence-corrected chi connectivity index (χ0v) is 17.4. The summed E-state index contributed by atoms with van der Waals surface area (Å²) in [5.74, 6) is 0.0782. The fourth-order valence-corrected chi connectivity index (χ4v) is 3.90. The molecule has 3 rings (SSSR count). The third kappa shape index (κ3) is 3.78. The normalized spacial score (nSPS) is 19.1. The van der Waals surface area contributed by atoms with Crippen LogP contribution in [-0.4, -0.2) is 52.6 Å². The van der Waals surface area contributed by atoms with E-state index in [2.05, 4.69) is 22.6 Å². The molecule has 0 radical (unpaired) electrons. The molecule has 0 aromatic heterocycles. The van der Waals surface area contributed by atoms with E-state index in [1.165, 1.54) is 0 Å². The first-order valence-corrected chi connectivity index (χ1v) is 9.76. The van der Waals surface area contributed by atoms with Crippen molar-refractivity contribution < 1.29 is 14.3 Å². The molecule has 1 aliphatic carbocycles. The van der Waals surface area contributed by atoms with Crippen molar-refractivity contribution >= 4 is 34.6 Å². The van der Waals surface area contributed by atoms with Crippen LogP contribution in [0.1, 0.15) is 49.5 Å². The van der Waals surface area contributed by atoms with Crippen molar-refractivity contribution in [1.82, 2.24) is 9.80 Å². The molecule has 2 fully saturated rings. The first-order chi connectivity index (χ1) is 11.6. The van der Waals surface area contributed by atoms with Gasteiger partial charge in [-0.2, -0.15) is 0 Å². The summed E-state index contributed by atoms with van der Waals surface area (Å²) < 4.78 is 6.51. The molecule has 0 bridgehead atoms. The van der Waals surface area contributed by atoms with Crippen LogP contribution in [0.5, 0.6) is 0 Å². The van der Waals surface area contributed by atoms with Gasteiger partial charge in [-0.3, -0.25) is 4.79 Å². The summed E-state index contributed by atoms with van der Waals surface area (Å²) in [7, 11) is 0. The van der Waals surface area contributed by atoms with Crippen molar-refractivity contribution in [2.24, 2.45) is 0 Å². The highest BCUT2D eigenvalue weighted by molar-refractivity contribution is 14.1. The first-order valence-electron chi connectivity index (χ1n) is 8.68. The molecule has 2 amide bonds.